The number of nitrogens with zero attached hydrogens (tertiary/aromatic N) is 3. The largest absolute Gasteiger partial charge is 0.433 e. The van der Waals surface area contributed by atoms with E-state index in [0.717, 1.165) is 43.9 Å². The van der Waals surface area contributed by atoms with Crippen molar-refractivity contribution in [3.63, 3.8) is 0 Å². The van der Waals surface area contributed by atoms with E-state index >= 15 is 0 Å². The molecule has 2 fully saturated rings. The monoisotopic (exact) mass is 505 g/mol. The number of aromatic nitrogens is 3. The van der Waals surface area contributed by atoms with Gasteiger partial charge in [0.2, 0.25) is 0 Å². The van der Waals surface area contributed by atoms with Crippen molar-refractivity contribution < 1.29 is 18.0 Å². The van der Waals surface area contributed by atoms with Crippen LogP contribution < -0.4 is 10.6 Å². The van der Waals surface area contributed by atoms with Gasteiger partial charge >= 0.3 is 6.18 Å². The lowest BCUT2D eigenvalue weighted by molar-refractivity contribution is -0.140. The number of amides is 1. The van der Waals surface area contributed by atoms with E-state index in [-0.39, 0.29) is 23.5 Å². The van der Waals surface area contributed by atoms with Gasteiger partial charge in [-0.3, -0.25) is 9.48 Å². The lowest BCUT2D eigenvalue weighted by Crippen LogP contribution is -2.42. The van der Waals surface area contributed by atoms with Crippen LogP contribution in [0, 0.1) is 0 Å². The number of carbonyl (C=O) groups excluding carboxylic acids is 1. The smallest absolute Gasteiger partial charge is 0.382 e. The Hall–Kier alpha value is -2.81. The number of benzene rings is 1. The number of nitrogens with one attached hydrogen (secondary N) is 2. The number of fused-ring (bicyclic) bond motifs is 1. The van der Waals surface area contributed by atoms with Crippen LogP contribution in [-0.4, -0.2) is 32.8 Å². The third-order valence-corrected chi connectivity index (χ3v) is 6.99. The second kappa shape index (κ2) is 9.33. The summed E-state index contributed by atoms with van der Waals surface area (Å²) in [6.45, 7) is 2.57. The van der Waals surface area contributed by atoms with Crippen LogP contribution in [0.15, 0.2) is 30.3 Å². The van der Waals surface area contributed by atoms with Crippen LogP contribution in [0.25, 0.3) is 10.9 Å². The molecule has 2 saturated carbocycles. The summed E-state index contributed by atoms with van der Waals surface area (Å²) in [6, 6.07) is 7.39. The van der Waals surface area contributed by atoms with Crippen molar-refractivity contribution in [1.29, 1.82) is 0 Å². The first kappa shape index (κ1) is 23.9. The molecule has 2 heterocycles. The van der Waals surface area contributed by atoms with E-state index < -0.39 is 11.9 Å². The molecule has 10 heteroatoms. The summed E-state index contributed by atoms with van der Waals surface area (Å²) in [6.07, 6.45) is 0.722. The Morgan fingerprint density at radius 2 is 1.91 bits per heavy atom. The van der Waals surface area contributed by atoms with Crippen molar-refractivity contribution >= 4 is 34.1 Å². The molecule has 0 bridgehead atoms. The fourth-order valence-electron chi connectivity index (χ4n) is 4.83. The van der Waals surface area contributed by atoms with Gasteiger partial charge in [-0.05, 0) is 75.8 Å². The van der Waals surface area contributed by atoms with Gasteiger partial charge in [-0.2, -0.15) is 18.3 Å². The molecule has 1 aromatic carbocycles. The minimum absolute atomic E-state index is 0.0860. The Labute approximate surface area is 206 Å². The van der Waals surface area contributed by atoms with Gasteiger partial charge in [0.25, 0.3) is 5.91 Å². The molecular formula is C25H27ClF3N5O. The van der Waals surface area contributed by atoms with Gasteiger partial charge < -0.3 is 10.6 Å². The van der Waals surface area contributed by atoms with Gasteiger partial charge in [-0.15, -0.1) is 0 Å². The number of carbonyl (C=O) groups is 1. The highest BCUT2D eigenvalue weighted by Gasteiger charge is 2.34. The van der Waals surface area contributed by atoms with E-state index in [9.17, 15) is 18.0 Å². The van der Waals surface area contributed by atoms with E-state index in [4.69, 9.17) is 11.6 Å². The van der Waals surface area contributed by atoms with Crippen molar-refractivity contribution in [2.45, 2.75) is 76.2 Å². The maximum atomic E-state index is 13.5. The fourth-order valence-corrected chi connectivity index (χ4v) is 5.01. The van der Waals surface area contributed by atoms with Gasteiger partial charge in [0.1, 0.15) is 11.4 Å². The Kier molecular flexibility index (Phi) is 6.38. The van der Waals surface area contributed by atoms with Crippen LogP contribution in [0.5, 0.6) is 0 Å². The van der Waals surface area contributed by atoms with Crippen molar-refractivity contribution in [2.24, 2.45) is 0 Å². The van der Waals surface area contributed by atoms with Crippen molar-refractivity contribution in [3.8, 4) is 0 Å². The molecule has 2 atom stereocenters. The highest BCUT2D eigenvalue weighted by Crippen LogP contribution is 2.39. The summed E-state index contributed by atoms with van der Waals surface area (Å²) < 4.78 is 42.1. The third-order valence-electron chi connectivity index (χ3n) is 6.76. The molecule has 0 radical (unpaired) electrons. The maximum absolute atomic E-state index is 13.5. The summed E-state index contributed by atoms with van der Waals surface area (Å²) in [5.41, 5.74) is 1.17. The summed E-state index contributed by atoms with van der Waals surface area (Å²) in [7, 11) is 0. The first-order valence-electron chi connectivity index (χ1n) is 12.0. The normalized spacial score (nSPS) is 20.7. The molecule has 0 saturated heterocycles. The number of hydrogen-bond donors (Lipinski definition) is 2. The minimum atomic E-state index is -4.56. The van der Waals surface area contributed by atoms with Crippen molar-refractivity contribution in [2.75, 3.05) is 5.32 Å². The van der Waals surface area contributed by atoms with E-state index in [1.54, 1.807) is 10.7 Å². The number of anilines is 1. The van der Waals surface area contributed by atoms with Crippen LogP contribution in [0.3, 0.4) is 0 Å². The van der Waals surface area contributed by atoms with Gasteiger partial charge in [0.05, 0.1) is 11.2 Å². The highest BCUT2D eigenvalue weighted by atomic mass is 35.5. The van der Waals surface area contributed by atoms with E-state index in [0.29, 0.717) is 40.7 Å². The Balaban J connectivity index is 1.33. The first-order chi connectivity index (χ1) is 16.7. The number of pyridine rings is 1. The Morgan fingerprint density at radius 1 is 1.14 bits per heavy atom. The molecule has 0 spiro atoms. The summed E-state index contributed by atoms with van der Waals surface area (Å²) >= 11 is 6.12. The summed E-state index contributed by atoms with van der Waals surface area (Å²) in [5, 5.41) is 12.0. The molecule has 5 rings (SSSR count). The molecule has 0 unspecified atom stereocenters. The van der Waals surface area contributed by atoms with Crippen molar-refractivity contribution in [1.82, 2.24) is 20.1 Å². The van der Waals surface area contributed by atoms with E-state index in [1.165, 1.54) is 12.1 Å². The lowest BCUT2D eigenvalue weighted by Gasteiger charge is -2.31. The molecule has 6 nitrogen and oxygen atoms in total. The zero-order valence-electron chi connectivity index (χ0n) is 19.3. The van der Waals surface area contributed by atoms with Gasteiger partial charge in [0, 0.05) is 40.6 Å². The molecule has 1 amide bonds. The zero-order chi connectivity index (χ0) is 24.7. The molecular weight excluding hydrogens is 479 g/mol. The molecule has 2 aliphatic rings. The standard InChI is InChI=1S/C25H27ClF3N5O/c1-2-34-22(12-20(33-34)14-6-7-14)24(35)31-17-5-3-4-16(11-17)30-21-13-23(25(27,28)29)32-19-9-8-15(26)10-18(19)21/h8-10,12-14,16-17H,2-7,11H2,1H3,(H,30,32)(H,31,35)/t16-,17+/m0/s1. The Morgan fingerprint density at radius 3 is 2.63 bits per heavy atom. The minimum Gasteiger partial charge on any atom is -0.382 e. The lowest BCUT2D eigenvalue weighted by atomic mass is 9.90. The average molecular weight is 506 g/mol. The molecule has 0 aliphatic heterocycles. The van der Waals surface area contributed by atoms with Crippen LogP contribution in [0.4, 0.5) is 18.9 Å². The van der Waals surface area contributed by atoms with Gasteiger partial charge in [-0.25, -0.2) is 4.98 Å². The molecule has 35 heavy (non-hydrogen) atoms. The SMILES string of the molecule is CCn1nc(C2CC2)cc1C(=O)N[C@@H]1CCC[C@H](Nc2cc(C(F)(F)F)nc3ccc(Cl)cc23)C1. The third kappa shape index (κ3) is 5.24. The maximum Gasteiger partial charge on any atom is 0.433 e. The average Bonchev–Trinajstić information content (AvgIpc) is 3.57. The molecule has 2 aromatic heterocycles. The molecule has 2 N–H and O–H groups in total. The number of rotatable bonds is 6. The predicted molar refractivity (Wildman–Crippen MR) is 129 cm³/mol. The molecule has 3 aromatic rings. The number of alkyl halides is 3. The van der Waals surface area contributed by atoms with E-state index in [2.05, 4.69) is 20.7 Å². The number of aryl methyl sites for hydroxylation is 1. The Bertz CT molecular complexity index is 1250. The van der Waals surface area contributed by atoms with E-state index in [1.807, 2.05) is 13.0 Å². The fraction of sp³-hybridized carbons (Fsp3) is 0.480. The van der Waals surface area contributed by atoms with Crippen LogP contribution >= 0.6 is 11.6 Å². The van der Waals surface area contributed by atoms with Gasteiger partial charge in [-0.1, -0.05) is 11.6 Å². The number of halogens is 4. The quantitative estimate of drug-likeness (QED) is 0.421. The first-order valence-corrected chi connectivity index (χ1v) is 12.4. The number of hydrogen-bond acceptors (Lipinski definition) is 4. The van der Waals surface area contributed by atoms with Crippen LogP contribution in [0.1, 0.15) is 73.2 Å². The summed E-state index contributed by atoms with van der Waals surface area (Å²) in [5.74, 6) is 0.306. The predicted octanol–water partition coefficient (Wildman–Crippen LogP) is 6.15. The topological polar surface area (TPSA) is 71.8 Å². The van der Waals surface area contributed by atoms with Crippen LogP contribution in [0.2, 0.25) is 5.02 Å². The summed E-state index contributed by atoms with van der Waals surface area (Å²) in [4.78, 5) is 16.8. The highest BCUT2D eigenvalue weighted by molar-refractivity contribution is 6.31. The zero-order valence-corrected chi connectivity index (χ0v) is 20.1. The second-order valence-electron chi connectivity index (χ2n) is 9.44. The molecule has 186 valence electrons. The second-order valence-corrected chi connectivity index (χ2v) is 9.87. The van der Waals surface area contributed by atoms with Crippen LogP contribution in [-0.2, 0) is 12.7 Å². The van der Waals surface area contributed by atoms with Gasteiger partial charge in [0.15, 0.2) is 0 Å². The molecule has 2 aliphatic carbocycles. The van der Waals surface area contributed by atoms with Crippen molar-refractivity contribution in [3.05, 3.63) is 52.4 Å².